The number of aldehydes is 1. The second-order valence-corrected chi connectivity index (χ2v) is 5.05. The molecule has 0 aromatic heterocycles. The second-order valence-electron chi connectivity index (χ2n) is 5.05. The SMILES string of the molecule is COC(=O)c1ccc(CCN2C(=O)C(F)(F)CC2C=O)cc1. The van der Waals surface area contributed by atoms with Gasteiger partial charge in [0.15, 0.2) is 0 Å². The molecule has 1 atom stereocenters. The minimum atomic E-state index is -3.47. The number of nitrogens with zero attached hydrogens (tertiary/aromatic N) is 1. The third kappa shape index (κ3) is 3.13. The molecule has 22 heavy (non-hydrogen) atoms. The lowest BCUT2D eigenvalue weighted by Gasteiger charge is -2.19. The van der Waals surface area contributed by atoms with E-state index in [1.165, 1.54) is 7.11 Å². The van der Waals surface area contributed by atoms with Gasteiger partial charge in [0.25, 0.3) is 5.91 Å². The summed E-state index contributed by atoms with van der Waals surface area (Å²) >= 11 is 0. The lowest BCUT2D eigenvalue weighted by Crippen LogP contribution is -2.38. The predicted molar refractivity (Wildman–Crippen MR) is 72.6 cm³/mol. The fourth-order valence-electron chi connectivity index (χ4n) is 2.38. The van der Waals surface area contributed by atoms with E-state index in [0.717, 1.165) is 10.5 Å². The Morgan fingerprint density at radius 1 is 1.41 bits per heavy atom. The molecule has 118 valence electrons. The van der Waals surface area contributed by atoms with Crippen molar-refractivity contribution in [1.29, 1.82) is 0 Å². The number of likely N-dealkylation sites (tertiary alicyclic amines) is 1. The lowest BCUT2D eigenvalue weighted by atomic mass is 10.1. The first-order chi connectivity index (χ1) is 10.4. The van der Waals surface area contributed by atoms with E-state index in [9.17, 15) is 23.2 Å². The van der Waals surface area contributed by atoms with Gasteiger partial charge in [-0.15, -0.1) is 0 Å². The number of hydrogen-bond acceptors (Lipinski definition) is 4. The lowest BCUT2D eigenvalue weighted by molar-refractivity contribution is -0.148. The molecule has 1 heterocycles. The molecule has 5 nitrogen and oxygen atoms in total. The summed E-state index contributed by atoms with van der Waals surface area (Å²) in [5, 5.41) is 0. The van der Waals surface area contributed by atoms with Crippen molar-refractivity contribution in [3.8, 4) is 0 Å². The van der Waals surface area contributed by atoms with E-state index >= 15 is 0 Å². The van der Waals surface area contributed by atoms with Gasteiger partial charge >= 0.3 is 11.9 Å². The maximum absolute atomic E-state index is 13.3. The van der Waals surface area contributed by atoms with Crippen molar-refractivity contribution in [2.45, 2.75) is 24.8 Å². The molecule has 1 aromatic carbocycles. The van der Waals surface area contributed by atoms with Gasteiger partial charge in [0.05, 0.1) is 18.7 Å². The number of carbonyl (C=O) groups is 3. The monoisotopic (exact) mass is 311 g/mol. The summed E-state index contributed by atoms with van der Waals surface area (Å²) in [5.74, 6) is -5.25. The number of rotatable bonds is 5. The van der Waals surface area contributed by atoms with E-state index in [1.807, 2.05) is 0 Å². The van der Waals surface area contributed by atoms with Gasteiger partial charge in [0.2, 0.25) is 0 Å². The van der Waals surface area contributed by atoms with Gasteiger partial charge < -0.3 is 14.4 Å². The molecule has 1 unspecified atom stereocenters. The molecule has 1 aliphatic rings. The smallest absolute Gasteiger partial charge is 0.337 e. The van der Waals surface area contributed by atoms with Crippen molar-refractivity contribution in [3.05, 3.63) is 35.4 Å². The molecule has 0 aliphatic carbocycles. The molecule has 0 N–H and O–H groups in total. The van der Waals surface area contributed by atoms with Gasteiger partial charge in [-0.3, -0.25) is 4.79 Å². The Bertz CT molecular complexity index is 586. The van der Waals surface area contributed by atoms with Crippen LogP contribution in [0.25, 0.3) is 0 Å². The van der Waals surface area contributed by atoms with Gasteiger partial charge in [-0.05, 0) is 24.1 Å². The van der Waals surface area contributed by atoms with Gasteiger partial charge in [-0.25, -0.2) is 4.79 Å². The number of esters is 1. The number of alkyl halides is 2. The number of methoxy groups -OCH3 is 1. The molecule has 1 aromatic rings. The van der Waals surface area contributed by atoms with Gasteiger partial charge in [0, 0.05) is 13.0 Å². The summed E-state index contributed by atoms with van der Waals surface area (Å²) in [6, 6.07) is 5.33. The van der Waals surface area contributed by atoms with Crippen LogP contribution in [-0.4, -0.2) is 48.7 Å². The summed E-state index contributed by atoms with van der Waals surface area (Å²) in [4.78, 5) is 34.6. The Balaban J connectivity index is 2.02. The summed E-state index contributed by atoms with van der Waals surface area (Å²) in [5.41, 5.74) is 1.14. The Labute approximate surface area is 125 Å². The molecule has 0 bridgehead atoms. The summed E-state index contributed by atoms with van der Waals surface area (Å²) in [6.45, 7) is 0.0232. The third-order valence-corrected chi connectivity index (χ3v) is 3.61. The summed E-state index contributed by atoms with van der Waals surface area (Å²) < 4.78 is 31.2. The van der Waals surface area contributed by atoms with E-state index < -0.39 is 30.3 Å². The van der Waals surface area contributed by atoms with Crippen LogP contribution in [0, 0.1) is 0 Å². The van der Waals surface area contributed by atoms with Crippen LogP contribution in [0.3, 0.4) is 0 Å². The molecule has 1 amide bonds. The van der Waals surface area contributed by atoms with Crippen LogP contribution >= 0.6 is 0 Å². The zero-order chi connectivity index (χ0) is 16.3. The fraction of sp³-hybridized carbons (Fsp3) is 0.400. The van der Waals surface area contributed by atoms with E-state index in [1.54, 1.807) is 24.3 Å². The van der Waals surface area contributed by atoms with Crippen molar-refractivity contribution < 1.29 is 27.9 Å². The van der Waals surface area contributed by atoms with Crippen LogP contribution in [0.4, 0.5) is 8.78 Å². The summed E-state index contributed by atoms with van der Waals surface area (Å²) in [6.07, 6.45) is -0.0800. The van der Waals surface area contributed by atoms with Crippen molar-refractivity contribution in [3.63, 3.8) is 0 Å². The fourth-order valence-corrected chi connectivity index (χ4v) is 2.38. The van der Waals surface area contributed by atoms with Crippen LogP contribution in [0.5, 0.6) is 0 Å². The van der Waals surface area contributed by atoms with Crippen LogP contribution in [0.1, 0.15) is 22.3 Å². The number of ether oxygens (including phenoxy) is 1. The van der Waals surface area contributed by atoms with Gasteiger partial charge in [-0.1, -0.05) is 12.1 Å². The average molecular weight is 311 g/mol. The number of benzene rings is 1. The minimum Gasteiger partial charge on any atom is -0.465 e. The number of carbonyl (C=O) groups excluding carboxylic acids is 3. The first-order valence-electron chi connectivity index (χ1n) is 6.70. The highest BCUT2D eigenvalue weighted by Crippen LogP contribution is 2.32. The quantitative estimate of drug-likeness (QED) is 0.610. The predicted octanol–water partition coefficient (Wildman–Crippen LogP) is 1.45. The van der Waals surface area contributed by atoms with Crippen LogP contribution in [0.2, 0.25) is 0 Å². The van der Waals surface area contributed by atoms with Gasteiger partial charge in [0.1, 0.15) is 6.29 Å². The third-order valence-electron chi connectivity index (χ3n) is 3.61. The maximum atomic E-state index is 13.3. The molecule has 2 rings (SSSR count). The second kappa shape index (κ2) is 6.21. The highest BCUT2D eigenvalue weighted by molar-refractivity contribution is 5.90. The van der Waals surface area contributed by atoms with Crippen molar-refractivity contribution in [1.82, 2.24) is 4.90 Å². The Morgan fingerprint density at radius 3 is 2.59 bits per heavy atom. The Hall–Kier alpha value is -2.31. The topological polar surface area (TPSA) is 63.7 Å². The number of halogens is 2. The van der Waals surface area contributed by atoms with E-state index in [-0.39, 0.29) is 6.54 Å². The molecule has 0 radical (unpaired) electrons. The molecule has 1 fully saturated rings. The van der Waals surface area contributed by atoms with Crippen LogP contribution in [0.15, 0.2) is 24.3 Å². The molecule has 1 saturated heterocycles. The zero-order valence-electron chi connectivity index (χ0n) is 11.9. The minimum absolute atomic E-state index is 0.0232. The first-order valence-corrected chi connectivity index (χ1v) is 6.70. The normalized spacial score (nSPS) is 20.0. The van der Waals surface area contributed by atoms with Crippen LogP contribution < -0.4 is 0 Å². The maximum Gasteiger partial charge on any atom is 0.337 e. The largest absolute Gasteiger partial charge is 0.465 e. The van der Waals surface area contributed by atoms with Gasteiger partial charge in [-0.2, -0.15) is 8.78 Å². The van der Waals surface area contributed by atoms with Crippen molar-refractivity contribution in [2.24, 2.45) is 0 Å². The molecule has 0 saturated carbocycles. The Morgan fingerprint density at radius 2 is 2.05 bits per heavy atom. The molecule has 0 spiro atoms. The van der Waals surface area contributed by atoms with E-state index in [2.05, 4.69) is 4.74 Å². The number of amides is 1. The first kappa shape index (κ1) is 16.1. The molecular formula is C15H15F2NO4. The van der Waals surface area contributed by atoms with E-state index in [4.69, 9.17) is 0 Å². The van der Waals surface area contributed by atoms with Crippen LogP contribution in [-0.2, 0) is 20.7 Å². The highest BCUT2D eigenvalue weighted by Gasteiger charge is 2.53. The summed E-state index contributed by atoms with van der Waals surface area (Å²) in [7, 11) is 1.27. The number of hydrogen-bond donors (Lipinski definition) is 0. The van der Waals surface area contributed by atoms with Crippen molar-refractivity contribution in [2.75, 3.05) is 13.7 Å². The standard InChI is InChI=1S/C15H15F2NO4/c1-22-13(20)11-4-2-10(3-5-11)6-7-18-12(9-19)8-15(16,17)14(18)21/h2-5,9,12H,6-8H2,1H3. The molecular weight excluding hydrogens is 296 g/mol. The average Bonchev–Trinajstić information content (AvgIpc) is 2.75. The molecule has 7 heteroatoms. The highest BCUT2D eigenvalue weighted by atomic mass is 19.3. The van der Waals surface area contributed by atoms with E-state index in [0.29, 0.717) is 18.3 Å². The molecule has 1 aliphatic heterocycles. The Kier molecular flexibility index (Phi) is 4.54. The zero-order valence-corrected chi connectivity index (χ0v) is 11.9. The van der Waals surface area contributed by atoms with Crippen molar-refractivity contribution >= 4 is 18.2 Å².